The first-order chi connectivity index (χ1) is 8.24. The van der Waals surface area contributed by atoms with Gasteiger partial charge in [0.15, 0.2) is 5.11 Å². The van der Waals surface area contributed by atoms with Gasteiger partial charge in [0.05, 0.1) is 6.21 Å². The van der Waals surface area contributed by atoms with Gasteiger partial charge in [-0.2, -0.15) is 5.10 Å². The quantitative estimate of drug-likeness (QED) is 0.364. The molecule has 0 aliphatic heterocycles. The second-order valence-corrected chi connectivity index (χ2v) is 4.24. The minimum atomic E-state index is 0.572. The fraction of sp³-hybridized carbons (Fsp3) is 0.385. The smallest absolute Gasteiger partial charge is 0.186 e. The van der Waals surface area contributed by atoms with Crippen molar-refractivity contribution in [3.05, 3.63) is 35.4 Å². The predicted molar refractivity (Wildman–Crippen MR) is 77.4 cm³/mol. The molecule has 1 rings (SSSR count). The van der Waals surface area contributed by atoms with Crippen LogP contribution >= 0.6 is 12.2 Å². The third-order valence-corrected chi connectivity index (χ3v) is 2.61. The van der Waals surface area contributed by atoms with Crippen LogP contribution in [0, 0.1) is 6.92 Å². The molecule has 0 heterocycles. The number of benzene rings is 1. The van der Waals surface area contributed by atoms with Crippen molar-refractivity contribution in [1.82, 2.24) is 10.7 Å². The van der Waals surface area contributed by atoms with E-state index in [1.807, 2.05) is 18.2 Å². The fourth-order valence-corrected chi connectivity index (χ4v) is 1.47. The highest BCUT2D eigenvalue weighted by molar-refractivity contribution is 7.80. The lowest BCUT2D eigenvalue weighted by atomic mass is 10.1. The van der Waals surface area contributed by atoms with E-state index in [-0.39, 0.29) is 0 Å². The molecule has 0 radical (unpaired) electrons. The highest BCUT2D eigenvalue weighted by atomic mass is 32.1. The maximum atomic E-state index is 5.08. The van der Waals surface area contributed by atoms with Crippen LogP contribution in [0.15, 0.2) is 29.4 Å². The topological polar surface area (TPSA) is 36.4 Å². The molecular weight excluding hydrogens is 230 g/mol. The van der Waals surface area contributed by atoms with Gasteiger partial charge in [-0.15, -0.1) is 0 Å². The summed E-state index contributed by atoms with van der Waals surface area (Å²) in [4.78, 5) is 0. The number of nitrogens with zero attached hydrogens (tertiary/aromatic N) is 1. The van der Waals surface area contributed by atoms with Crippen molar-refractivity contribution in [2.45, 2.75) is 26.7 Å². The molecule has 0 bridgehead atoms. The second-order valence-electron chi connectivity index (χ2n) is 3.84. The zero-order valence-corrected chi connectivity index (χ0v) is 11.2. The Morgan fingerprint density at radius 1 is 1.41 bits per heavy atom. The SMILES string of the molecule is CCCCNC(=S)NN=Cc1ccccc1C. The first kappa shape index (κ1) is 13.6. The molecule has 1 aromatic rings. The molecule has 0 saturated carbocycles. The highest BCUT2D eigenvalue weighted by Gasteiger charge is 1.93. The van der Waals surface area contributed by atoms with E-state index in [2.05, 4.69) is 35.8 Å². The molecule has 2 N–H and O–H groups in total. The number of thiocarbonyl (C=S) groups is 1. The van der Waals surface area contributed by atoms with E-state index in [4.69, 9.17) is 12.2 Å². The van der Waals surface area contributed by atoms with E-state index < -0.39 is 0 Å². The Morgan fingerprint density at radius 3 is 2.88 bits per heavy atom. The number of hydrogen-bond donors (Lipinski definition) is 2. The first-order valence-corrected chi connectivity index (χ1v) is 6.27. The van der Waals surface area contributed by atoms with E-state index >= 15 is 0 Å². The lowest BCUT2D eigenvalue weighted by Gasteiger charge is -2.05. The van der Waals surface area contributed by atoms with Crippen LogP contribution in [-0.4, -0.2) is 17.9 Å². The fourth-order valence-electron chi connectivity index (χ4n) is 1.31. The van der Waals surface area contributed by atoms with E-state index in [0.29, 0.717) is 5.11 Å². The molecule has 1 aromatic carbocycles. The lowest BCUT2D eigenvalue weighted by molar-refractivity contribution is 0.745. The summed E-state index contributed by atoms with van der Waals surface area (Å²) in [5.41, 5.74) is 5.10. The summed E-state index contributed by atoms with van der Waals surface area (Å²) in [7, 11) is 0. The van der Waals surface area contributed by atoms with Gasteiger partial charge in [0.1, 0.15) is 0 Å². The molecule has 0 spiro atoms. The van der Waals surface area contributed by atoms with Gasteiger partial charge in [0.2, 0.25) is 0 Å². The van der Waals surface area contributed by atoms with Gasteiger partial charge in [0, 0.05) is 6.54 Å². The van der Waals surface area contributed by atoms with Crippen molar-refractivity contribution in [3.8, 4) is 0 Å². The van der Waals surface area contributed by atoms with Crippen molar-refractivity contribution < 1.29 is 0 Å². The Balaban J connectivity index is 2.35. The molecule has 0 aromatic heterocycles. The number of aryl methyl sites for hydroxylation is 1. The van der Waals surface area contributed by atoms with E-state index in [1.165, 1.54) is 5.56 Å². The molecule has 0 aliphatic carbocycles. The monoisotopic (exact) mass is 249 g/mol. The van der Waals surface area contributed by atoms with Gasteiger partial charge < -0.3 is 5.32 Å². The predicted octanol–water partition coefficient (Wildman–Crippen LogP) is 2.59. The Hall–Kier alpha value is -1.42. The molecule has 4 heteroatoms. The van der Waals surface area contributed by atoms with Crippen LogP contribution in [-0.2, 0) is 0 Å². The Morgan fingerprint density at radius 2 is 2.18 bits per heavy atom. The molecule has 92 valence electrons. The first-order valence-electron chi connectivity index (χ1n) is 5.86. The van der Waals surface area contributed by atoms with Crippen LogP contribution < -0.4 is 10.7 Å². The van der Waals surface area contributed by atoms with Gasteiger partial charge >= 0.3 is 0 Å². The third-order valence-electron chi connectivity index (χ3n) is 2.37. The molecule has 0 atom stereocenters. The minimum Gasteiger partial charge on any atom is -0.361 e. The standard InChI is InChI=1S/C13H19N3S/c1-3-4-9-14-13(17)16-15-10-12-8-6-5-7-11(12)2/h5-8,10H,3-4,9H2,1-2H3,(H2,14,16,17). The Kier molecular flexibility index (Phi) is 6.25. The van der Waals surface area contributed by atoms with Gasteiger partial charge in [-0.25, -0.2) is 0 Å². The molecule has 3 nitrogen and oxygen atoms in total. The second kappa shape index (κ2) is 7.79. The number of hydrazone groups is 1. The lowest BCUT2D eigenvalue weighted by Crippen LogP contribution is -2.32. The van der Waals surface area contributed by atoms with Crippen molar-refractivity contribution in [3.63, 3.8) is 0 Å². The normalized spacial score (nSPS) is 10.5. The Bertz CT molecular complexity index is 388. The van der Waals surface area contributed by atoms with Crippen LogP contribution in [0.4, 0.5) is 0 Å². The van der Waals surface area contributed by atoms with E-state index in [1.54, 1.807) is 6.21 Å². The Labute approximate surface area is 108 Å². The molecule has 0 fully saturated rings. The summed E-state index contributed by atoms with van der Waals surface area (Å²) in [6.45, 7) is 5.09. The molecule has 0 aliphatic rings. The van der Waals surface area contributed by atoms with Crippen molar-refractivity contribution >= 4 is 23.5 Å². The number of rotatable bonds is 5. The van der Waals surface area contributed by atoms with Gasteiger partial charge in [-0.3, -0.25) is 5.43 Å². The van der Waals surface area contributed by atoms with Crippen molar-refractivity contribution in [2.75, 3.05) is 6.54 Å². The number of unbranched alkanes of at least 4 members (excludes halogenated alkanes) is 1. The van der Waals surface area contributed by atoms with Crippen LogP contribution in [0.25, 0.3) is 0 Å². The molecule has 0 unspecified atom stereocenters. The maximum absolute atomic E-state index is 5.08. The van der Waals surface area contributed by atoms with Gasteiger partial charge in [-0.1, -0.05) is 37.6 Å². The van der Waals surface area contributed by atoms with E-state index in [9.17, 15) is 0 Å². The largest absolute Gasteiger partial charge is 0.361 e. The average Bonchev–Trinajstić information content (AvgIpc) is 2.32. The van der Waals surface area contributed by atoms with Crippen molar-refractivity contribution in [2.24, 2.45) is 5.10 Å². The maximum Gasteiger partial charge on any atom is 0.186 e. The number of hydrogen-bond acceptors (Lipinski definition) is 2. The van der Waals surface area contributed by atoms with Gasteiger partial charge in [-0.05, 0) is 36.7 Å². The van der Waals surface area contributed by atoms with Crippen molar-refractivity contribution in [1.29, 1.82) is 0 Å². The summed E-state index contributed by atoms with van der Waals surface area (Å²) in [6, 6.07) is 8.08. The van der Waals surface area contributed by atoms with Gasteiger partial charge in [0.25, 0.3) is 0 Å². The molecule has 0 amide bonds. The summed E-state index contributed by atoms with van der Waals surface area (Å²) < 4.78 is 0. The van der Waals surface area contributed by atoms with Crippen LogP contribution in [0.5, 0.6) is 0 Å². The molecular formula is C13H19N3S. The summed E-state index contributed by atoms with van der Waals surface area (Å²) in [5.74, 6) is 0. The van der Waals surface area contributed by atoms with E-state index in [0.717, 1.165) is 24.9 Å². The average molecular weight is 249 g/mol. The number of nitrogens with one attached hydrogen (secondary N) is 2. The molecule has 17 heavy (non-hydrogen) atoms. The third kappa shape index (κ3) is 5.45. The molecule has 0 saturated heterocycles. The highest BCUT2D eigenvalue weighted by Crippen LogP contribution is 2.02. The summed E-state index contributed by atoms with van der Waals surface area (Å²) in [5, 5.41) is 7.77. The van der Waals surface area contributed by atoms with Crippen LogP contribution in [0.3, 0.4) is 0 Å². The summed E-state index contributed by atoms with van der Waals surface area (Å²) in [6.07, 6.45) is 4.05. The van der Waals surface area contributed by atoms with Crippen LogP contribution in [0.1, 0.15) is 30.9 Å². The zero-order valence-electron chi connectivity index (χ0n) is 10.4. The zero-order chi connectivity index (χ0) is 12.5. The minimum absolute atomic E-state index is 0.572. The van der Waals surface area contributed by atoms with Crippen LogP contribution in [0.2, 0.25) is 0 Å². The summed E-state index contributed by atoms with van der Waals surface area (Å²) >= 11 is 5.08.